The van der Waals surface area contributed by atoms with Gasteiger partial charge in [0.25, 0.3) is 0 Å². The average molecular weight is 285 g/mol. The fourth-order valence-electron chi connectivity index (χ4n) is 1.58. The molecule has 4 N–H and O–H groups in total. The van der Waals surface area contributed by atoms with Gasteiger partial charge in [-0.2, -0.15) is 0 Å². The molecule has 0 saturated carbocycles. The zero-order valence-electron chi connectivity index (χ0n) is 11.0. The molecule has 0 aliphatic heterocycles. The molecule has 1 aromatic carbocycles. The van der Waals surface area contributed by atoms with Gasteiger partial charge >= 0.3 is 0 Å². The highest BCUT2D eigenvalue weighted by molar-refractivity contribution is 7.89. The van der Waals surface area contributed by atoms with E-state index >= 15 is 0 Å². The van der Waals surface area contributed by atoms with Gasteiger partial charge in [-0.1, -0.05) is 12.1 Å². The maximum atomic E-state index is 11.3. The zero-order chi connectivity index (χ0) is 14.5. The summed E-state index contributed by atoms with van der Waals surface area (Å²) in [4.78, 5) is 11.4. The summed E-state index contributed by atoms with van der Waals surface area (Å²) < 4.78 is 22.5. The molecule has 1 rings (SSSR count). The number of carbonyl (C=O) groups excluding carboxylic acids is 1. The van der Waals surface area contributed by atoms with Gasteiger partial charge in [-0.15, -0.1) is 0 Å². The van der Waals surface area contributed by atoms with Gasteiger partial charge in [0, 0.05) is 12.6 Å². The second-order valence-electron chi connectivity index (χ2n) is 4.17. The number of benzene rings is 1. The summed E-state index contributed by atoms with van der Waals surface area (Å²) in [5, 5.41) is 10.8. The molecule has 106 valence electrons. The molecule has 0 aliphatic carbocycles. The van der Waals surface area contributed by atoms with Gasteiger partial charge in [0.15, 0.2) is 0 Å². The van der Waals surface area contributed by atoms with Gasteiger partial charge in [0.05, 0.1) is 11.4 Å². The normalized spacial score (nSPS) is 13.0. The van der Waals surface area contributed by atoms with Crippen molar-refractivity contribution in [2.75, 3.05) is 13.1 Å². The summed E-state index contributed by atoms with van der Waals surface area (Å²) in [6.45, 7) is 4.45. The van der Waals surface area contributed by atoms with Crippen molar-refractivity contribution in [1.29, 1.82) is 0 Å². The summed E-state index contributed by atoms with van der Waals surface area (Å²) in [6.07, 6.45) is 0. The molecule has 1 unspecified atom stereocenters. The Morgan fingerprint density at radius 3 is 2.68 bits per heavy atom. The number of nitrogens with one attached hydrogen (secondary N) is 2. The Bertz CT molecular complexity index is 543. The van der Waals surface area contributed by atoms with E-state index in [0.717, 1.165) is 5.56 Å². The minimum Gasteiger partial charge on any atom is -0.355 e. The van der Waals surface area contributed by atoms with Gasteiger partial charge in [-0.05, 0) is 31.5 Å². The number of sulfonamides is 1. The van der Waals surface area contributed by atoms with Crippen LogP contribution in [0.15, 0.2) is 29.2 Å². The molecule has 0 heterocycles. The van der Waals surface area contributed by atoms with E-state index in [4.69, 9.17) is 5.14 Å². The number of rotatable bonds is 6. The highest BCUT2D eigenvalue weighted by Gasteiger charge is 2.12. The fraction of sp³-hybridized carbons (Fsp3) is 0.417. The number of amides is 1. The third-order valence-electron chi connectivity index (χ3n) is 2.63. The van der Waals surface area contributed by atoms with E-state index in [1.165, 1.54) is 12.1 Å². The molecule has 0 saturated heterocycles. The van der Waals surface area contributed by atoms with Gasteiger partial charge < -0.3 is 10.6 Å². The molecule has 1 aromatic rings. The van der Waals surface area contributed by atoms with E-state index in [9.17, 15) is 13.2 Å². The summed E-state index contributed by atoms with van der Waals surface area (Å²) in [5.41, 5.74) is 0.760. The SMILES string of the molecule is CCNC(=O)CNC(C)c1cccc(S(N)(=O)=O)c1. The highest BCUT2D eigenvalue weighted by Crippen LogP contribution is 2.16. The number of hydrogen-bond acceptors (Lipinski definition) is 4. The van der Waals surface area contributed by atoms with Crippen molar-refractivity contribution in [3.63, 3.8) is 0 Å². The van der Waals surface area contributed by atoms with Gasteiger partial charge in [0.2, 0.25) is 15.9 Å². The number of nitrogens with two attached hydrogens (primary N) is 1. The first-order valence-electron chi connectivity index (χ1n) is 5.97. The monoisotopic (exact) mass is 285 g/mol. The van der Waals surface area contributed by atoms with Crippen molar-refractivity contribution in [2.24, 2.45) is 5.14 Å². The largest absolute Gasteiger partial charge is 0.355 e. The standard InChI is InChI=1S/C12H19N3O3S/c1-3-14-12(16)8-15-9(2)10-5-4-6-11(7-10)19(13,17)18/h4-7,9,15H,3,8H2,1-2H3,(H,14,16)(H2,13,17,18). The van der Waals surface area contributed by atoms with Crippen LogP contribution in [0.2, 0.25) is 0 Å². The molecular weight excluding hydrogens is 266 g/mol. The molecule has 0 fully saturated rings. The first kappa shape index (κ1) is 15.6. The summed E-state index contributed by atoms with van der Waals surface area (Å²) >= 11 is 0. The van der Waals surface area contributed by atoms with E-state index in [0.29, 0.717) is 6.54 Å². The molecule has 7 heteroatoms. The lowest BCUT2D eigenvalue weighted by atomic mass is 10.1. The average Bonchev–Trinajstić information content (AvgIpc) is 2.35. The van der Waals surface area contributed by atoms with E-state index < -0.39 is 10.0 Å². The van der Waals surface area contributed by atoms with Crippen molar-refractivity contribution in [3.05, 3.63) is 29.8 Å². The molecule has 0 spiro atoms. The van der Waals surface area contributed by atoms with Crippen LogP contribution in [0, 0.1) is 0 Å². The molecule has 1 atom stereocenters. The predicted octanol–water partition coefficient (Wildman–Crippen LogP) is 0.121. The Morgan fingerprint density at radius 2 is 2.11 bits per heavy atom. The van der Waals surface area contributed by atoms with E-state index in [2.05, 4.69) is 10.6 Å². The summed E-state index contributed by atoms with van der Waals surface area (Å²) in [7, 11) is -3.71. The molecule has 19 heavy (non-hydrogen) atoms. The van der Waals surface area contributed by atoms with Crippen LogP contribution in [-0.2, 0) is 14.8 Å². The molecule has 1 amide bonds. The van der Waals surface area contributed by atoms with Crippen LogP contribution in [-0.4, -0.2) is 27.4 Å². The minimum absolute atomic E-state index is 0.0664. The molecule has 0 bridgehead atoms. The number of hydrogen-bond donors (Lipinski definition) is 3. The topological polar surface area (TPSA) is 101 Å². The second kappa shape index (κ2) is 6.65. The van der Waals surface area contributed by atoms with Crippen molar-refractivity contribution in [2.45, 2.75) is 24.8 Å². The van der Waals surface area contributed by atoms with Crippen LogP contribution in [0.3, 0.4) is 0 Å². The van der Waals surface area contributed by atoms with E-state index in [1.807, 2.05) is 13.8 Å². The Hall–Kier alpha value is -1.44. The van der Waals surface area contributed by atoms with Crippen molar-refractivity contribution in [1.82, 2.24) is 10.6 Å². The van der Waals surface area contributed by atoms with E-state index in [1.54, 1.807) is 12.1 Å². The lowest BCUT2D eigenvalue weighted by Gasteiger charge is -2.14. The van der Waals surface area contributed by atoms with Crippen molar-refractivity contribution < 1.29 is 13.2 Å². The smallest absolute Gasteiger partial charge is 0.238 e. The van der Waals surface area contributed by atoms with E-state index in [-0.39, 0.29) is 23.4 Å². The zero-order valence-corrected chi connectivity index (χ0v) is 11.8. The van der Waals surface area contributed by atoms with Crippen LogP contribution < -0.4 is 15.8 Å². The number of likely N-dealkylation sites (N-methyl/N-ethyl adjacent to an activating group) is 1. The van der Waals surface area contributed by atoms with Gasteiger partial charge in [0.1, 0.15) is 0 Å². The third kappa shape index (κ3) is 4.98. The molecule has 0 aromatic heterocycles. The number of carbonyl (C=O) groups is 1. The van der Waals surface area contributed by atoms with Crippen LogP contribution >= 0.6 is 0 Å². The summed E-state index contributed by atoms with van der Waals surface area (Å²) in [6, 6.07) is 6.20. The third-order valence-corrected chi connectivity index (χ3v) is 3.54. The van der Waals surface area contributed by atoms with Crippen molar-refractivity contribution >= 4 is 15.9 Å². The van der Waals surface area contributed by atoms with Gasteiger partial charge in [-0.3, -0.25) is 4.79 Å². The molecular formula is C12H19N3O3S. The van der Waals surface area contributed by atoms with Crippen molar-refractivity contribution in [3.8, 4) is 0 Å². The van der Waals surface area contributed by atoms with Crippen LogP contribution in [0.1, 0.15) is 25.5 Å². The predicted molar refractivity (Wildman–Crippen MR) is 72.9 cm³/mol. The summed E-state index contributed by atoms with van der Waals surface area (Å²) in [5.74, 6) is -0.100. The lowest BCUT2D eigenvalue weighted by Crippen LogP contribution is -2.34. The minimum atomic E-state index is -3.71. The Morgan fingerprint density at radius 1 is 1.42 bits per heavy atom. The first-order valence-corrected chi connectivity index (χ1v) is 7.52. The quantitative estimate of drug-likeness (QED) is 0.691. The van der Waals surface area contributed by atoms with Crippen LogP contribution in [0.25, 0.3) is 0 Å². The number of primary sulfonamides is 1. The highest BCUT2D eigenvalue weighted by atomic mass is 32.2. The Kier molecular flexibility index (Phi) is 5.46. The first-order chi connectivity index (χ1) is 8.84. The maximum absolute atomic E-state index is 11.3. The molecule has 0 aliphatic rings. The Labute approximate surface area is 113 Å². The second-order valence-corrected chi connectivity index (χ2v) is 5.74. The lowest BCUT2D eigenvalue weighted by molar-refractivity contribution is -0.120. The molecule has 6 nitrogen and oxygen atoms in total. The van der Waals surface area contributed by atoms with Gasteiger partial charge in [-0.25, -0.2) is 13.6 Å². The van der Waals surface area contributed by atoms with Crippen LogP contribution in [0.4, 0.5) is 0 Å². The molecule has 0 radical (unpaired) electrons. The Balaban J connectivity index is 2.72. The van der Waals surface area contributed by atoms with Crippen LogP contribution in [0.5, 0.6) is 0 Å². The maximum Gasteiger partial charge on any atom is 0.238 e. The fourth-order valence-corrected chi connectivity index (χ4v) is 2.15.